The van der Waals surface area contributed by atoms with Gasteiger partial charge in [-0.1, -0.05) is 6.92 Å². The minimum absolute atomic E-state index is 0.0185. The van der Waals surface area contributed by atoms with Crippen molar-refractivity contribution < 1.29 is 23.1 Å². The largest absolute Gasteiger partial charge is 0.478 e. The van der Waals surface area contributed by atoms with E-state index < -0.39 is 15.9 Å². The summed E-state index contributed by atoms with van der Waals surface area (Å²) in [6, 6.07) is 4.91. The van der Waals surface area contributed by atoms with Crippen LogP contribution < -0.4 is 4.74 Å². The lowest BCUT2D eigenvalue weighted by Crippen LogP contribution is -2.13. The van der Waals surface area contributed by atoms with Crippen LogP contribution in [0.5, 0.6) is 5.75 Å². The molecule has 2 aromatic rings. The van der Waals surface area contributed by atoms with Gasteiger partial charge in [0.2, 0.25) is 0 Å². The molecule has 7 heteroatoms. The second kappa shape index (κ2) is 4.93. The summed E-state index contributed by atoms with van der Waals surface area (Å²) in [7, 11) is -3.20. The molecule has 1 aromatic heterocycles. The molecule has 0 radical (unpaired) electrons. The van der Waals surface area contributed by atoms with Crippen molar-refractivity contribution in [3.8, 4) is 5.75 Å². The molecule has 0 saturated heterocycles. The molecule has 0 saturated carbocycles. The van der Waals surface area contributed by atoms with Gasteiger partial charge >= 0.3 is 6.09 Å². The maximum absolute atomic E-state index is 11.3. The molecule has 0 unspecified atom stereocenters. The molecule has 0 bridgehead atoms. The highest BCUT2D eigenvalue weighted by molar-refractivity contribution is 7.91. The van der Waals surface area contributed by atoms with Crippen molar-refractivity contribution in [2.75, 3.05) is 11.7 Å². The second-order valence-corrected chi connectivity index (χ2v) is 6.33. The highest BCUT2D eigenvalue weighted by Gasteiger charge is 2.09. The molecular formula is C12H13NO5S. The first-order valence-corrected chi connectivity index (χ1v) is 7.42. The predicted octanol–water partition coefficient (Wildman–Crippen LogP) is 1.94. The smallest absolute Gasteiger partial charge is 0.415 e. The number of carbonyl (C=O) groups is 1. The quantitative estimate of drug-likeness (QED) is 0.926. The van der Waals surface area contributed by atoms with Gasteiger partial charge in [-0.25, -0.2) is 13.2 Å². The highest BCUT2D eigenvalue weighted by atomic mass is 32.2. The molecule has 0 aliphatic heterocycles. The van der Waals surface area contributed by atoms with Gasteiger partial charge < -0.3 is 9.84 Å². The third kappa shape index (κ3) is 3.05. The van der Waals surface area contributed by atoms with Crippen molar-refractivity contribution in [1.29, 1.82) is 0 Å². The Morgan fingerprint density at radius 1 is 1.32 bits per heavy atom. The van der Waals surface area contributed by atoms with E-state index in [0.717, 1.165) is 9.95 Å². The van der Waals surface area contributed by atoms with Crippen molar-refractivity contribution in [2.24, 2.45) is 0 Å². The van der Waals surface area contributed by atoms with E-state index in [1.807, 2.05) is 0 Å². The zero-order valence-electron chi connectivity index (χ0n) is 10.2. The van der Waals surface area contributed by atoms with Crippen LogP contribution in [0.1, 0.15) is 6.92 Å². The van der Waals surface area contributed by atoms with Gasteiger partial charge in [-0.3, -0.25) is 4.57 Å². The summed E-state index contributed by atoms with van der Waals surface area (Å²) in [5.74, 6) is 0.0342. The SMILES string of the molecule is CCS(=O)(=O)COc1ccc2cn(C(=O)O)cc2c1. The third-order valence-corrected chi connectivity index (χ3v) is 4.04. The van der Waals surface area contributed by atoms with Crippen LogP contribution in [0.15, 0.2) is 30.6 Å². The van der Waals surface area contributed by atoms with Crippen LogP contribution in [0.3, 0.4) is 0 Å². The van der Waals surface area contributed by atoms with Crippen LogP contribution in [0.25, 0.3) is 10.8 Å². The van der Waals surface area contributed by atoms with Crippen molar-refractivity contribution in [2.45, 2.75) is 6.92 Å². The number of ether oxygens (including phenoxy) is 1. The maximum Gasteiger partial charge on any atom is 0.415 e. The van der Waals surface area contributed by atoms with Crippen molar-refractivity contribution >= 4 is 26.7 Å². The Morgan fingerprint density at radius 2 is 2.00 bits per heavy atom. The van der Waals surface area contributed by atoms with Crippen LogP contribution in [0.4, 0.5) is 4.79 Å². The molecule has 6 nitrogen and oxygen atoms in total. The summed E-state index contributed by atoms with van der Waals surface area (Å²) in [5.41, 5.74) is 0. The van der Waals surface area contributed by atoms with Gasteiger partial charge in [0.15, 0.2) is 15.8 Å². The van der Waals surface area contributed by atoms with Gasteiger partial charge in [-0.2, -0.15) is 0 Å². The van der Waals surface area contributed by atoms with Crippen LogP contribution >= 0.6 is 0 Å². The predicted molar refractivity (Wildman–Crippen MR) is 70.3 cm³/mol. The van der Waals surface area contributed by atoms with Gasteiger partial charge in [0.1, 0.15) is 5.75 Å². The summed E-state index contributed by atoms with van der Waals surface area (Å²) in [6.07, 6.45) is 1.84. The average molecular weight is 283 g/mol. The van der Waals surface area contributed by atoms with Crippen LogP contribution in [-0.2, 0) is 9.84 Å². The molecule has 102 valence electrons. The number of aromatic nitrogens is 1. The lowest BCUT2D eigenvalue weighted by atomic mass is 10.2. The fourth-order valence-corrected chi connectivity index (χ4v) is 2.04. The number of hydrogen-bond donors (Lipinski definition) is 1. The van der Waals surface area contributed by atoms with Crippen molar-refractivity contribution in [3.63, 3.8) is 0 Å². The van der Waals surface area contributed by atoms with E-state index in [2.05, 4.69) is 0 Å². The Morgan fingerprint density at radius 3 is 2.63 bits per heavy atom. The van der Waals surface area contributed by atoms with Crippen molar-refractivity contribution in [3.05, 3.63) is 30.6 Å². The minimum atomic E-state index is -3.20. The first-order valence-electron chi connectivity index (χ1n) is 5.59. The molecule has 1 heterocycles. The highest BCUT2D eigenvalue weighted by Crippen LogP contribution is 2.22. The topological polar surface area (TPSA) is 85.6 Å². The summed E-state index contributed by atoms with van der Waals surface area (Å²) in [5, 5.41) is 10.3. The summed E-state index contributed by atoms with van der Waals surface area (Å²) in [4.78, 5) is 10.8. The Labute approximate surface area is 110 Å². The van der Waals surface area contributed by atoms with E-state index in [1.165, 1.54) is 12.4 Å². The molecule has 0 spiro atoms. The van der Waals surface area contributed by atoms with Gasteiger partial charge in [0.25, 0.3) is 0 Å². The first-order chi connectivity index (χ1) is 8.91. The molecule has 1 aromatic carbocycles. The van der Waals surface area contributed by atoms with E-state index in [-0.39, 0.29) is 11.7 Å². The number of carboxylic acid groups (broad SMARTS) is 1. The van der Waals surface area contributed by atoms with Crippen LogP contribution in [-0.4, -0.2) is 35.9 Å². The fraction of sp³-hybridized carbons (Fsp3) is 0.250. The van der Waals surface area contributed by atoms with Crippen LogP contribution in [0, 0.1) is 0 Å². The van der Waals surface area contributed by atoms with Gasteiger partial charge in [0, 0.05) is 23.2 Å². The molecule has 0 amide bonds. The lowest BCUT2D eigenvalue weighted by molar-refractivity contribution is 0.196. The standard InChI is InChI=1S/C12H13NO5S/c1-2-19(16,17)8-18-11-4-3-9-6-13(12(14)15)7-10(9)5-11/h3-7H,2,8H2,1H3,(H,14,15). The molecule has 1 N–H and O–H groups in total. The molecule has 0 fully saturated rings. The van der Waals surface area contributed by atoms with E-state index >= 15 is 0 Å². The molecule has 0 aliphatic rings. The lowest BCUT2D eigenvalue weighted by Gasteiger charge is -2.05. The molecule has 0 aliphatic carbocycles. The van der Waals surface area contributed by atoms with Crippen LogP contribution in [0.2, 0.25) is 0 Å². The molecule has 19 heavy (non-hydrogen) atoms. The average Bonchev–Trinajstić information content (AvgIpc) is 2.79. The zero-order valence-corrected chi connectivity index (χ0v) is 11.1. The normalized spacial score (nSPS) is 11.6. The van der Waals surface area contributed by atoms with E-state index in [4.69, 9.17) is 9.84 Å². The van der Waals surface area contributed by atoms with Gasteiger partial charge in [-0.05, 0) is 18.2 Å². The maximum atomic E-state index is 11.3. The Bertz CT molecular complexity index is 717. The van der Waals surface area contributed by atoms with E-state index in [1.54, 1.807) is 25.1 Å². The fourth-order valence-electron chi connectivity index (χ4n) is 1.56. The molecular weight excluding hydrogens is 270 g/mol. The van der Waals surface area contributed by atoms with Gasteiger partial charge in [0.05, 0.1) is 5.75 Å². The Hall–Kier alpha value is -2.02. The monoisotopic (exact) mass is 283 g/mol. The molecule has 0 atom stereocenters. The summed E-state index contributed by atoms with van der Waals surface area (Å²) >= 11 is 0. The first kappa shape index (κ1) is 13.4. The summed E-state index contributed by atoms with van der Waals surface area (Å²) in [6.45, 7) is 1.55. The number of nitrogens with zero attached hydrogens (tertiary/aromatic N) is 1. The minimum Gasteiger partial charge on any atom is -0.478 e. The number of benzene rings is 1. The molecule has 2 rings (SSSR count). The number of rotatable bonds is 4. The number of fused-ring (bicyclic) bond motifs is 1. The number of hydrogen-bond acceptors (Lipinski definition) is 4. The second-order valence-electron chi connectivity index (χ2n) is 4.03. The Kier molecular flexibility index (Phi) is 3.48. The van der Waals surface area contributed by atoms with E-state index in [0.29, 0.717) is 11.1 Å². The Balaban J connectivity index is 2.24. The zero-order chi connectivity index (χ0) is 14.0. The van der Waals surface area contributed by atoms with E-state index in [9.17, 15) is 13.2 Å². The third-order valence-electron chi connectivity index (χ3n) is 2.68. The number of sulfone groups is 1. The van der Waals surface area contributed by atoms with Gasteiger partial charge in [-0.15, -0.1) is 0 Å². The van der Waals surface area contributed by atoms with Crippen molar-refractivity contribution in [1.82, 2.24) is 4.57 Å². The summed E-state index contributed by atoms with van der Waals surface area (Å²) < 4.78 is 28.9.